The van der Waals surface area contributed by atoms with Gasteiger partial charge in [0.05, 0.1) is 10.6 Å². The third-order valence-electron chi connectivity index (χ3n) is 4.57. The second kappa shape index (κ2) is 7.77. The van der Waals surface area contributed by atoms with E-state index in [2.05, 4.69) is 30.4 Å². The van der Waals surface area contributed by atoms with Crippen LogP contribution in [0.15, 0.2) is 47.4 Å². The summed E-state index contributed by atoms with van der Waals surface area (Å²) in [4.78, 5) is 26.7. The largest absolute Gasteiger partial charge is 0.482 e. The Balaban J connectivity index is 1.60. The van der Waals surface area contributed by atoms with Gasteiger partial charge >= 0.3 is 0 Å². The van der Waals surface area contributed by atoms with Crippen molar-refractivity contribution in [2.45, 2.75) is 13.3 Å². The second-order valence-corrected chi connectivity index (χ2v) is 8.37. The summed E-state index contributed by atoms with van der Waals surface area (Å²) in [6.07, 6.45) is 2.53. The number of carbonyl (C=O) groups is 2. The molecule has 0 radical (unpaired) electrons. The zero-order valence-electron chi connectivity index (χ0n) is 15.2. The number of thioether (sulfide) groups is 1. The zero-order chi connectivity index (χ0) is 19.7. The van der Waals surface area contributed by atoms with Gasteiger partial charge in [-0.2, -0.15) is 0 Å². The number of thiocarbonyl (C=S) groups is 1. The Kier molecular flexibility index (Phi) is 5.19. The molecule has 4 rings (SSSR count). The molecule has 0 atom stereocenters. The molecule has 7 heteroatoms. The van der Waals surface area contributed by atoms with Crippen molar-refractivity contribution in [3.63, 3.8) is 0 Å². The first-order valence-corrected chi connectivity index (χ1v) is 10.1. The van der Waals surface area contributed by atoms with Crippen LogP contribution in [0.2, 0.25) is 0 Å². The maximum absolute atomic E-state index is 12.5. The van der Waals surface area contributed by atoms with Gasteiger partial charge in [0.15, 0.2) is 6.61 Å². The highest BCUT2D eigenvalue weighted by Gasteiger charge is 2.26. The number of anilines is 1. The van der Waals surface area contributed by atoms with E-state index in [9.17, 15) is 9.59 Å². The molecule has 0 aromatic heterocycles. The quantitative estimate of drug-likeness (QED) is 0.618. The van der Waals surface area contributed by atoms with E-state index in [-0.39, 0.29) is 18.4 Å². The van der Waals surface area contributed by atoms with E-state index in [1.807, 2.05) is 24.3 Å². The predicted molar refractivity (Wildman–Crippen MR) is 115 cm³/mol. The lowest BCUT2D eigenvalue weighted by Gasteiger charge is -2.29. The molecule has 2 heterocycles. The SMILES string of the molecule is Cc1cccc(CCN2C(=O)COc3ccc(/C=C4\SC(=S)NC4=O)cc32)c1. The normalized spacial score (nSPS) is 17.5. The Bertz CT molecular complexity index is 1020. The van der Waals surface area contributed by atoms with Crippen LogP contribution in [0.5, 0.6) is 5.75 Å². The van der Waals surface area contributed by atoms with Gasteiger partial charge in [-0.3, -0.25) is 9.59 Å². The van der Waals surface area contributed by atoms with E-state index in [4.69, 9.17) is 17.0 Å². The number of carbonyl (C=O) groups excluding carboxylic acids is 2. The van der Waals surface area contributed by atoms with Crippen molar-refractivity contribution < 1.29 is 14.3 Å². The number of rotatable bonds is 4. The lowest BCUT2D eigenvalue weighted by molar-refractivity contribution is -0.121. The minimum Gasteiger partial charge on any atom is -0.482 e. The number of hydrogen-bond acceptors (Lipinski definition) is 5. The number of aryl methyl sites for hydroxylation is 1. The zero-order valence-corrected chi connectivity index (χ0v) is 16.9. The average molecular weight is 411 g/mol. The Morgan fingerprint density at radius 2 is 2.11 bits per heavy atom. The summed E-state index contributed by atoms with van der Waals surface area (Å²) in [5, 5.41) is 2.61. The van der Waals surface area contributed by atoms with E-state index >= 15 is 0 Å². The van der Waals surface area contributed by atoms with E-state index in [1.54, 1.807) is 11.0 Å². The third-order valence-corrected chi connectivity index (χ3v) is 5.74. The molecular weight excluding hydrogens is 392 g/mol. The number of nitrogens with one attached hydrogen (secondary N) is 1. The lowest BCUT2D eigenvalue weighted by Crippen LogP contribution is -2.40. The predicted octanol–water partition coefficient (Wildman–Crippen LogP) is 3.45. The molecule has 5 nitrogen and oxygen atoms in total. The van der Waals surface area contributed by atoms with Gasteiger partial charge in [-0.25, -0.2) is 0 Å². The summed E-state index contributed by atoms with van der Waals surface area (Å²) >= 11 is 6.26. The summed E-state index contributed by atoms with van der Waals surface area (Å²) in [5.41, 5.74) is 3.93. The summed E-state index contributed by atoms with van der Waals surface area (Å²) < 4.78 is 6.03. The van der Waals surface area contributed by atoms with Crippen molar-refractivity contribution in [1.82, 2.24) is 5.32 Å². The van der Waals surface area contributed by atoms with Crippen molar-refractivity contribution in [3.8, 4) is 5.75 Å². The highest BCUT2D eigenvalue weighted by atomic mass is 32.2. The fraction of sp³-hybridized carbons (Fsp3) is 0.190. The Labute approximate surface area is 172 Å². The monoisotopic (exact) mass is 410 g/mol. The standard InChI is InChI=1S/C21H18N2O3S2/c1-13-3-2-4-14(9-13)7-8-23-16-10-15(5-6-17(16)26-12-19(23)24)11-18-20(25)22-21(27)28-18/h2-6,9-11H,7-8,12H2,1H3,(H,22,25,27)/b18-11-. The lowest BCUT2D eigenvalue weighted by atomic mass is 10.1. The molecule has 1 N–H and O–H groups in total. The molecule has 2 aromatic carbocycles. The highest BCUT2D eigenvalue weighted by Crippen LogP contribution is 2.35. The van der Waals surface area contributed by atoms with E-state index < -0.39 is 0 Å². The maximum atomic E-state index is 12.5. The number of amides is 2. The first-order valence-electron chi connectivity index (χ1n) is 8.87. The molecule has 1 fully saturated rings. The fourth-order valence-corrected chi connectivity index (χ4v) is 4.28. The van der Waals surface area contributed by atoms with Gasteiger partial charge in [0.1, 0.15) is 10.1 Å². The summed E-state index contributed by atoms with van der Waals surface area (Å²) in [6.45, 7) is 2.66. The van der Waals surface area contributed by atoms with Gasteiger partial charge in [-0.1, -0.05) is 59.9 Å². The first kappa shape index (κ1) is 18.7. The van der Waals surface area contributed by atoms with E-state index in [0.717, 1.165) is 17.7 Å². The molecular formula is C21H18N2O3S2. The highest BCUT2D eigenvalue weighted by molar-refractivity contribution is 8.26. The summed E-state index contributed by atoms with van der Waals surface area (Å²) in [5.74, 6) is 0.403. The van der Waals surface area contributed by atoms with Gasteiger partial charge in [0, 0.05) is 6.54 Å². The molecule has 0 spiro atoms. The van der Waals surface area contributed by atoms with Crippen molar-refractivity contribution in [3.05, 3.63) is 64.1 Å². The van der Waals surface area contributed by atoms with Crippen molar-refractivity contribution >= 4 is 51.9 Å². The van der Waals surface area contributed by atoms with Crippen LogP contribution in [0, 0.1) is 6.92 Å². The maximum Gasteiger partial charge on any atom is 0.265 e. The number of fused-ring (bicyclic) bond motifs is 1. The molecule has 28 heavy (non-hydrogen) atoms. The number of benzene rings is 2. The Morgan fingerprint density at radius 3 is 2.86 bits per heavy atom. The molecule has 0 saturated carbocycles. The average Bonchev–Trinajstić information content (AvgIpc) is 2.98. The molecule has 142 valence electrons. The minimum atomic E-state index is -0.198. The van der Waals surface area contributed by atoms with Crippen molar-refractivity contribution in [1.29, 1.82) is 0 Å². The van der Waals surface area contributed by atoms with Crippen LogP contribution < -0.4 is 15.0 Å². The van der Waals surface area contributed by atoms with Gasteiger partial charge < -0.3 is 15.0 Å². The molecule has 2 aliphatic rings. The van der Waals surface area contributed by atoms with E-state index in [1.165, 1.54) is 22.9 Å². The van der Waals surface area contributed by atoms with Crippen LogP contribution in [0.3, 0.4) is 0 Å². The topological polar surface area (TPSA) is 58.6 Å². The van der Waals surface area contributed by atoms with Crippen LogP contribution in [0.1, 0.15) is 16.7 Å². The number of nitrogens with zero attached hydrogens (tertiary/aromatic N) is 1. The number of hydrogen-bond donors (Lipinski definition) is 1. The van der Waals surface area contributed by atoms with Crippen LogP contribution >= 0.6 is 24.0 Å². The Morgan fingerprint density at radius 1 is 1.25 bits per heavy atom. The van der Waals surface area contributed by atoms with Crippen molar-refractivity contribution in [2.24, 2.45) is 0 Å². The van der Waals surface area contributed by atoms with Gasteiger partial charge in [0.2, 0.25) is 0 Å². The van der Waals surface area contributed by atoms with Crippen LogP contribution in [0.25, 0.3) is 6.08 Å². The molecule has 0 bridgehead atoms. The van der Waals surface area contributed by atoms with E-state index in [0.29, 0.717) is 21.5 Å². The van der Waals surface area contributed by atoms with Crippen molar-refractivity contribution in [2.75, 3.05) is 18.1 Å². The molecule has 0 unspecified atom stereocenters. The molecule has 2 aromatic rings. The molecule has 2 amide bonds. The molecule has 1 saturated heterocycles. The molecule has 2 aliphatic heterocycles. The second-order valence-electron chi connectivity index (χ2n) is 6.65. The smallest absolute Gasteiger partial charge is 0.265 e. The van der Waals surface area contributed by atoms with Crippen LogP contribution in [-0.2, 0) is 16.0 Å². The minimum absolute atomic E-state index is 0.0355. The van der Waals surface area contributed by atoms with Gasteiger partial charge in [-0.15, -0.1) is 0 Å². The van der Waals surface area contributed by atoms with Gasteiger partial charge in [0.25, 0.3) is 11.8 Å². The number of ether oxygens (including phenoxy) is 1. The Hall–Kier alpha value is -2.64. The summed E-state index contributed by atoms with van der Waals surface area (Å²) in [7, 11) is 0. The third kappa shape index (κ3) is 3.95. The fourth-order valence-electron chi connectivity index (χ4n) is 3.24. The first-order chi connectivity index (χ1) is 13.5. The van der Waals surface area contributed by atoms with Crippen LogP contribution in [0.4, 0.5) is 5.69 Å². The molecule has 0 aliphatic carbocycles. The van der Waals surface area contributed by atoms with Crippen LogP contribution in [-0.4, -0.2) is 29.3 Å². The summed E-state index contributed by atoms with van der Waals surface area (Å²) in [6, 6.07) is 13.9. The van der Waals surface area contributed by atoms with Gasteiger partial charge in [-0.05, 0) is 42.7 Å².